The molecule has 5 heteroatoms. The van der Waals surface area contributed by atoms with Crippen LogP contribution >= 0.6 is 0 Å². The fourth-order valence-corrected chi connectivity index (χ4v) is 4.66. The highest BCUT2D eigenvalue weighted by Crippen LogP contribution is 2.36. The van der Waals surface area contributed by atoms with Crippen LogP contribution in [0.4, 0.5) is 5.69 Å². The van der Waals surface area contributed by atoms with Crippen molar-refractivity contribution >= 4 is 17.5 Å². The molecule has 1 aromatic rings. The van der Waals surface area contributed by atoms with Gasteiger partial charge in [-0.25, -0.2) is 0 Å². The molecule has 148 valence electrons. The van der Waals surface area contributed by atoms with Crippen LogP contribution in [0.1, 0.15) is 50.2 Å². The van der Waals surface area contributed by atoms with E-state index in [0.29, 0.717) is 0 Å². The molecule has 1 saturated heterocycles. The molecule has 2 aliphatic rings. The van der Waals surface area contributed by atoms with Gasteiger partial charge >= 0.3 is 0 Å². The third kappa shape index (κ3) is 4.89. The van der Waals surface area contributed by atoms with Gasteiger partial charge in [-0.1, -0.05) is 37.5 Å². The Balaban J connectivity index is 1.47. The summed E-state index contributed by atoms with van der Waals surface area (Å²) in [6.07, 6.45) is 6.56. The number of nitrogens with zero attached hydrogens (tertiary/aromatic N) is 1. The second kappa shape index (κ2) is 8.87. The quantitative estimate of drug-likeness (QED) is 0.835. The van der Waals surface area contributed by atoms with Gasteiger partial charge in [0.05, 0.1) is 12.6 Å². The molecule has 3 rings (SSSR count). The molecule has 27 heavy (non-hydrogen) atoms. The Morgan fingerprint density at radius 1 is 1.11 bits per heavy atom. The summed E-state index contributed by atoms with van der Waals surface area (Å²) in [6.45, 7) is 7.92. The van der Waals surface area contributed by atoms with Gasteiger partial charge in [-0.05, 0) is 63.1 Å². The van der Waals surface area contributed by atoms with E-state index in [1.54, 1.807) is 0 Å². The number of fused-ring (bicyclic) bond motifs is 1. The topological polar surface area (TPSA) is 61.4 Å². The smallest absolute Gasteiger partial charge is 0.243 e. The number of para-hydroxylation sites is 1. The van der Waals surface area contributed by atoms with Gasteiger partial charge in [0, 0.05) is 12.2 Å². The van der Waals surface area contributed by atoms with Crippen molar-refractivity contribution in [2.24, 2.45) is 11.8 Å². The summed E-state index contributed by atoms with van der Waals surface area (Å²) in [4.78, 5) is 27.1. The highest BCUT2D eigenvalue weighted by Gasteiger charge is 2.34. The molecule has 1 aromatic carbocycles. The summed E-state index contributed by atoms with van der Waals surface area (Å²) in [5.74, 6) is 1.36. The average molecular weight is 372 g/mol. The zero-order valence-corrected chi connectivity index (χ0v) is 16.9. The number of hydrogen-bond donors (Lipinski definition) is 2. The van der Waals surface area contributed by atoms with E-state index in [-0.39, 0.29) is 24.4 Å². The van der Waals surface area contributed by atoms with Crippen molar-refractivity contribution in [3.63, 3.8) is 0 Å². The summed E-state index contributed by atoms with van der Waals surface area (Å²) in [5.41, 5.74) is 2.89. The van der Waals surface area contributed by atoms with Crippen molar-refractivity contribution in [1.82, 2.24) is 10.2 Å². The zero-order chi connectivity index (χ0) is 19.4. The first-order valence-corrected chi connectivity index (χ1v) is 10.3. The minimum absolute atomic E-state index is 0.0108. The Kier molecular flexibility index (Phi) is 6.53. The lowest BCUT2D eigenvalue weighted by molar-refractivity contribution is -0.129. The lowest BCUT2D eigenvalue weighted by Crippen LogP contribution is -2.52. The van der Waals surface area contributed by atoms with E-state index in [9.17, 15) is 9.59 Å². The molecule has 3 unspecified atom stereocenters. The maximum Gasteiger partial charge on any atom is 0.243 e. The van der Waals surface area contributed by atoms with Crippen LogP contribution in [-0.2, 0) is 9.59 Å². The van der Waals surface area contributed by atoms with Crippen LogP contribution in [0, 0.1) is 25.7 Å². The number of piperidine rings is 1. The minimum atomic E-state index is -0.182. The third-order valence-electron chi connectivity index (χ3n) is 6.42. The molecule has 1 aliphatic carbocycles. The van der Waals surface area contributed by atoms with Gasteiger partial charge < -0.3 is 10.6 Å². The number of anilines is 1. The molecule has 1 heterocycles. The molecule has 0 aromatic heterocycles. The maximum absolute atomic E-state index is 12.6. The lowest BCUT2D eigenvalue weighted by Gasteiger charge is -2.43. The highest BCUT2D eigenvalue weighted by molar-refractivity contribution is 5.96. The van der Waals surface area contributed by atoms with Gasteiger partial charge in [-0.15, -0.1) is 0 Å². The molecule has 0 radical (unpaired) electrons. The van der Waals surface area contributed by atoms with E-state index in [4.69, 9.17) is 0 Å². The van der Waals surface area contributed by atoms with Crippen LogP contribution < -0.4 is 10.6 Å². The second-order valence-electron chi connectivity index (χ2n) is 8.30. The number of hydrogen-bond acceptors (Lipinski definition) is 3. The van der Waals surface area contributed by atoms with Crippen LogP contribution in [0.25, 0.3) is 0 Å². The molecule has 1 aliphatic heterocycles. The Labute approximate surface area is 162 Å². The Hall–Kier alpha value is -1.88. The standard InChI is InChI=1S/C22H33N3O2/c1-15-7-6-8-16(2)21(15)24-20(26)13-23-22(27)17(3)25-12-11-18-9-4-5-10-19(18)14-25/h6-8,17-19H,4-5,9-14H2,1-3H3,(H,23,27)(H,24,26). The first-order valence-electron chi connectivity index (χ1n) is 10.3. The summed E-state index contributed by atoms with van der Waals surface area (Å²) >= 11 is 0. The van der Waals surface area contributed by atoms with E-state index in [0.717, 1.165) is 41.7 Å². The summed E-state index contributed by atoms with van der Waals surface area (Å²) in [6, 6.07) is 5.73. The number of carbonyl (C=O) groups is 2. The maximum atomic E-state index is 12.6. The van der Waals surface area contributed by atoms with Crippen LogP contribution in [-0.4, -0.2) is 42.4 Å². The minimum Gasteiger partial charge on any atom is -0.346 e. The van der Waals surface area contributed by atoms with E-state index in [2.05, 4.69) is 15.5 Å². The van der Waals surface area contributed by atoms with Crippen LogP contribution in [0.15, 0.2) is 18.2 Å². The molecule has 0 spiro atoms. The Bertz CT molecular complexity index is 668. The molecule has 3 atom stereocenters. The monoisotopic (exact) mass is 371 g/mol. The van der Waals surface area contributed by atoms with Gasteiger partial charge in [0.2, 0.25) is 11.8 Å². The van der Waals surface area contributed by atoms with Crippen molar-refractivity contribution in [2.75, 3.05) is 25.0 Å². The van der Waals surface area contributed by atoms with Crippen LogP contribution in [0.5, 0.6) is 0 Å². The number of amides is 2. The first kappa shape index (κ1) is 19.9. The highest BCUT2D eigenvalue weighted by atomic mass is 16.2. The Morgan fingerprint density at radius 2 is 1.78 bits per heavy atom. The SMILES string of the molecule is Cc1cccc(C)c1NC(=O)CNC(=O)C(C)N1CCC2CCCCC2C1. The predicted molar refractivity (Wildman–Crippen MR) is 109 cm³/mol. The molecular weight excluding hydrogens is 338 g/mol. The molecule has 2 amide bonds. The van der Waals surface area contributed by atoms with E-state index in [1.807, 2.05) is 39.0 Å². The van der Waals surface area contributed by atoms with Gasteiger partial charge in [0.15, 0.2) is 0 Å². The fraction of sp³-hybridized carbons (Fsp3) is 0.636. The largest absolute Gasteiger partial charge is 0.346 e. The number of nitrogens with one attached hydrogen (secondary N) is 2. The van der Waals surface area contributed by atoms with Crippen LogP contribution in [0.2, 0.25) is 0 Å². The van der Waals surface area contributed by atoms with E-state index >= 15 is 0 Å². The van der Waals surface area contributed by atoms with E-state index < -0.39 is 0 Å². The van der Waals surface area contributed by atoms with Crippen LogP contribution in [0.3, 0.4) is 0 Å². The Morgan fingerprint density at radius 3 is 2.48 bits per heavy atom. The average Bonchev–Trinajstić information content (AvgIpc) is 2.68. The lowest BCUT2D eigenvalue weighted by atomic mass is 9.75. The predicted octanol–water partition coefficient (Wildman–Crippen LogP) is 3.26. The molecule has 2 N–H and O–H groups in total. The number of likely N-dealkylation sites (tertiary alicyclic amines) is 1. The van der Waals surface area contributed by atoms with Crippen molar-refractivity contribution in [3.05, 3.63) is 29.3 Å². The number of carbonyl (C=O) groups excluding carboxylic acids is 2. The molecule has 0 bridgehead atoms. The fourth-order valence-electron chi connectivity index (χ4n) is 4.66. The van der Waals surface area contributed by atoms with E-state index in [1.165, 1.54) is 32.1 Å². The number of aryl methyl sites for hydroxylation is 2. The van der Waals surface area contributed by atoms with Crippen molar-refractivity contribution in [1.29, 1.82) is 0 Å². The molecular formula is C22H33N3O2. The number of benzene rings is 1. The van der Waals surface area contributed by atoms with Crippen molar-refractivity contribution < 1.29 is 9.59 Å². The molecule has 2 fully saturated rings. The van der Waals surface area contributed by atoms with Gasteiger partial charge in [-0.3, -0.25) is 14.5 Å². The first-order chi connectivity index (χ1) is 13.0. The summed E-state index contributed by atoms with van der Waals surface area (Å²) < 4.78 is 0. The summed E-state index contributed by atoms with van der Waals surface area (Å²) in [7, 11) is 0. The third-order valence-corrected chi connectivity index (χ3v) is 6.42. The molecule has 5 nitrogen and oxygen atoms in total. The normalized spacial score (nSPS) is 24.0. The van der Waals surface area contributed by atoms with Crippen molar-refractivity contribution in [3.8, 4) is 0 Å². The van der Waals surface area contributed by atoms with Gasteiger partial charge in [0.1, 0.15) is 0 Å². The second-order valence-corrected chi connectivity index (χ2v) is 8.30. The van der Waals surface area contributed by atoms with Crippen molar-refractivity contribution in [2.45, 2.75) is 58.9 Å². The summed E-state index contributed by atoms with van der Waals surface area (Å²) in [5, 5.41) is 5.74. The van der Waals surface area contributed by atoms with Gasteiger partial charge in [0.25, 0.3) is 0 Å². The molecule has 1 saturated carbocycles. The zero-order valence-electron chi connectivity index (χ0n) is 16.9. The van der Waals surface area contributed by atoms with Gasteiger partial charge in [-0.2, -0.15) is 0 Å². The number of rotatable bonds is 5.